The number of ether oxygens (including phenoxy) is 2. The first kappa shape index (κ1) is 18.8. The molecule has 4 rings (SSSR count). The first-order chi connectivity index (χ1) is 13.6. The van der Waals surface area contributed by atoms with E-state index < -0.39 is 0 Å². The lowest BCUT2D eigenvalue weighted by Crippen LogP contribution is -2.40. The van der Waals surface area contributed by atoms with Crippen LogP contribution in [0.5, 0.6) is 5.75 Å². The van der Waals surface area contributed by atoms with Crippen LogP contribution in [0.1, 0.15) is 10.4 Å². The number of methoxy groups -OCH3 is 1. The van der Waals surface area contributed by atoms with Gasteiger partial charge in [-0.2, -0.15) is 0 Å². The molecule has 1 N–H and O–H groups in total. The van der Waals surface area contributed by atoms with E-state index in [-0.39, 0.29) is 5.91 Å². The SMILES string of the molecule is COc1ccc(Nc2ncc(C(=O)N3CCOCC3)c3c2ccn3C)cc1Br. The number of aromatic nitrogens is 2. The van der Waals surface area contributed by atoms with Gasteiger partial charge in [0.2, 0.25) is 0 Å². The zero-order valence-electron chi connectivity index (χ0n) is 15.7. The van der Waals surface area contributed by atoms with Gasteiger partial charge in [-0.05, 0) is 40.2 Å². The minimum absolute atomic E-state index is 0.0126. The Labute approximate surface area is 171 Å². The second-order valence-corrected chi connectivity index (χ2v) is 7.44. The van der Waals surface area contributed by atoms with Gasteiger partial charge in [0.05, 0.1) is 35.9 Å². The van der Waals surface area contributed by atoms with Gasteiger partial charge in [-0.3, -0.25) is 4.79 Å². The van der Waals surface area contributed by atoms with Gasteiger partial charge in [0.1, 0.15) is 11.6 Å². The van der Waals surface area contributed by atoms with Crippen LogP contribution in [0.15, 0.2) is 41.1 Å². The van der Waals surface area contributed by atoms with Crippen LogP contribution in [0.25, 0.3) is 10.9 Å². The number of aryl methyl sites for hydroxylation is 1. The van der Waals surface area contributed by atoms with Gasteiger partial charge in [-0.15, -0.1) is 0 Å². The summed E-state index contributed by atoms with van der Waals surface area (Å²) in [7, 11) is 3.57. The standard InChI is InChI=1S/C20H21BrN4O3/c1-24-6-5-14-18(24)15(20(26)25-7-9-28-10-8-25)12-22-19(14)23-13-3-4-17(27-2)16(21)11-13/h3-6,11-12H,7-10H2,1-2H3,(H,22,23). The molecular formula is C20H21BrN4O3. The van der Waals surface area contributed by atoms with Crippen LogP contribution in [-0.2, 0) is 11.8 Å². The number of rotatable bonds is 4. The van der Waals surface area contributed by atoms with Crippen LogP contribution in [0, 0.1) is 0 Å². The summed E-state index contributed by atoms with van der Waals surface area (Å²) in [5.74, 6) is 1.45. The molecular weight excluding hydrogens is 424 g/mol. The lowest BCUT2D eigenvalue weighted by atomic mass is 10.1. The number of fused-ring (bicyclic) bond motifs is 1. The Balaban J connectivity index is 1.70. The number of benzene rings is 1. The van der Waals surface area contributed by atoms with Gasteiger partial charge in [0.15, 0.2) is 0 Å². The number of anilines is 2. The van der Waals surface area contributed by atoms with E-state index in [2.05, 4.69) is 26.2 Å². The molecule has 1 amide bonds. The summed E-state index contributed by atoms with van der Waals surface area (Å²) >= 11 is 3.50. The predicted molar refractivity (Wildman–Crippen MR) is 111 cm³/mol. The van der Waals surface area contributed by atoms with E-state index >= 15 is 0 Å². The Kier molecular flexibility index (Phi) is 5.23. The lowest BCUT2D eigenvalue weighted by Gasteiger charge is -2.27. The van der Waals surface area contributed by atoms with Crippen molar-refractivity contribution in [2.45, 2.75) is 0 Å². The van der Waals surface area contributed by atoms with Gasteiger partial charge in [0, 0.05) is 43.6 Å². The maximum absolute atomic E-state index is 13.0. The number of nitrogens with zero attached hydrogens (tertiary/aromatic N) is 3. The molecule has 3 heterocycles. The van der Waals surface area contributed by atoms with Crippen molar-refractivity contribution < 1.29 is 14.3 Å². The largest absolute Gasteiger partial charge is 0.496 e. The van der Waals surface area contributed by atoms with Crippen molar-refractivity contribution in [3.63, 3.8) is 0 Å². The van der Waals surface area contributed by atoms with Crippen LogP contribution in [-0.4, -0.2) is 53.8 Å². The molecule has 7 nitrogen and oxygen atoms in total. The molecule has 0 bridgehead atoms. The summed E-state index contributed by atoms with van der Waals surface area (Å²) in [6.07, 6.45) is 3.60. The monoisotopic (exact) mass is 444 g/mol. The highest BCUT2D eigenvalue weighted by atomic mass is 79.9. The highest BCUT2D eigenvalue weighted by Gasteiger charge is 2.23. The second kappa shape index (κ2) is 7.81. The highest BCUT2D eigenvalue weighted by molar-refractivity contribution is 9.10. The number of nitrogens with one attached hydrogen (secondary N) is 1. The first-order valence-electron chi connectivity index (χ1n) is 9.00. The maximum Gasteiger partial charge on any atom is 0.257 e. The summed E-state index contributed by atoms with van der Waals surface area (Å²) in [5.41, 5.74) is 2.34. The molecule has 0 atom stereocenters. The normalized spacial score (nSPS) is 14.3. The van der Waals surface area contributed by atoms with Crippen LogP contribution < -0.4 is 10.1 Å². The van der Waals surface area contributed by atoms with Crippen molar-refractivity contribution in [3.8, 4) is 5.75 Å². The van der Waals surface area contributed by atoms with E-state index in [9.17, 15) is 4.79 Å². The lowest BCUT2D eigenvalue weighted by molar-refractivity contribution is 0.0303. The number of amides is 1. The molecule has 28 heavy (non-hydrogen) atoms. The molecule has 0 aliphatic carbocycles. The average Bonchev–Trinajstić information content (AvgIpc) is 3.11. The van der Waals surface area contributed by atoms with Crippen LogP contribution >= 0.6 is 15.9 Å². The van der Waals surface area contributed by atoms with Crippen molar-refractivity contribution in [3.05, 3.63) is 46.7 Å². The highest BCUT2D eigenvalue weighted by Crippen LogP contribution is 2.32. The number of pyridine rings is 1. The van der Waals surface area contributed by atoms with E-state index in [4.69, 9.17) is 9.47 Å². The van der Waals surface area contributed by atoms with Crippen LogP contribution in [0.2, 0.25) is 0 Å². The van der Waals surface area contributed by atoms with Gasteiger partial charge in [-0.1, -0.05) is 0 Å². The summed E-state index contributed by atoms with van der Waals surface area (Å²) in [6, 6.07) is 7.71. The number of hydrogen-bond acceptors (Lipinski definition) is 5. The summed E-state index contributed by atoms with van der Waals surface area (Å²) < 4.78 is 13.4. The number of carbonyl (C=O) groups excluding carboxylic acids is 1. The Morgan fingerprint density at radius 3 is 2.79 bits per heavy atom. The Morgan fingerprint density at radius 2 is 2.07 bits per heavy atom. The minimum atomic E-state index is -0.0126. The van der Waals surface area contributed by atoms with Crippen LogP contribution in [0.4, 0.5) is 11.5 Å². The maximum atomic E-state index is 13.0. The van der Waals surface area contributed by atoms with E-state index in [1.54, 1.807) is 13.3 Å². The zero-order chi connectivity index (χ0) is 19.7. The Hall–Kier alpha value is -2.58. The van der Waals surface area contributed by atoms with E-state index in [0.29, 0.717) is 37.7 Å². The molecule has 0 unspecified atom stereocenters. The van der Waals surface area contributed by atoms with Crippen molar-refractivity contribution >= 4 is 44.2 Å². The fraction of sp³-hybridized carbons (Fsp3) is 0.300. The topological polar surface area (TPSA) is 68.6 Å². The van der Waals surface area contributed by atoms with Crippen molar-refractivity contribution in [1.29, 1.82) is 0 Å². The summed E-state index contributed by atoms with van der Waals surface area (Å²) in [5, 5.41) is 4.24. The Morgan fingerprint density at radius 1 is 1.29 bits per heavy atom. The van der Waals surface area contributed by atoms with Gasteiger partial charge >= 0.3 is 0 Å². The Bertz CT molecular complexity index is 1030. The fourth-order valence-corrected chi connectivity index (χ4v) is 3.93. The summed E-state index contributed by atoms with van der Waals surface area (Å²) in [6.45, 7) is 2.35. The fourth-order valence-electron chi connectivity index (χ4n) is 3.39. The second-order valence-electron chi connectivity index (χ2n) is 6.59. The molecule has 0 saturated carbocycles. The molecule has 8 heteroatoms. The molecule has 146 valence electrons. The van der Waals surface area contributed by atoms with E-state index in [1.807, 2.05) is 47.0 Å². The molecule has 0 radical (unpaired) electrons. The predicted octanol–water partition coefficient (Wildman–Crippen LogP) is 3.56. The van der Waals surface area contributed by atoms with Crippen molar-refractivity contribution in [2.24, 2.45) is 7.05 Å². The third-order valence-corrected chi connectivity index (χ3v) is 5.47. The van der Waals surface area contributed by atoms with E-state index in [0.717, 1.165) is 26.8 Å². The third kappa shape index (κ3) is 3.45. The third-order valence-electron chi connectivity index (χ3n) is 4.85. The van der Waals surface area contributed by atoms with E-state index in [1.165, 1.54) is 0 Å². The zero-order valence-corrected chi connectivity index (χ0v) is 17.3. The molecule has 1 aliphatic heterocycles. The number of hydrogen-bond donors (Lipinski definition) is 1. The molecule has 1 aromatic carbocycles. The number of carbonyl (C=O) groups is 1. The first-order valence-corrected chi connectivity index (χ1v) is 9.79. The van der Waals surface area contributed by atoms with Crippen LogP contribution in [0.3, 0.4) is 0 Å². The molecule has 3 aromatic rings. The van der Waals surface area contributed by atoms with Crippen molar-refractivity contribution in [2.75, 3.05) is 38.7 Å². The molecule has 1 saturated heterocycles. The molecule has 1 aliphatic rings. The summed E-state index contributed by atoms with van der Waals surface area (Å²) in [4.78, 5) is 19.4. The van der Waals surface area contributed by atoms with Gasteiger partial charge in [-0.25, -0.2) is 4.98 Å². The minimum Gasteiger partial charge on any atom is -0.496 e. The number of morpholine rings is 1. The van der Waals surface area contributed by atoms with Gasteiger partial charge in [0.25, 0.3) is 5.91 Å². The molecule has 2 aromatic heterocycles. The quantitative estimate of drug-likeness (QED) is 0.665. The molecule has 0 spiro atoms. The molecule has 1 fully saturated rings. The smallest absolute Gasteiger partial charge is 0.257 e. The van der Waals surface area contributed by atoms with Crippen molar-refractivity contribution in [1.82, 2.24) is 14.5 Å². The van der Waals surface area contributed by atoms with Gasteiger partial charge < -0.3 is 24.3 Å². The number of halogens is 1. The average molecular weight is 445 g/mol.